The van der Waals surface area contributed by atoms with E-state index in [4.69, 9.17) is 0 Å². The Morgan fingerprint density at radius 1 is 1.09 bits per heavy atom. The van der Waals surface area contributed by atoms with Crippen LogP contribution < -0.4 is 16.0 Å². The normalized spacial score (nSPS) is 12.3. The molecule has 0 saturated heterocycles. The van der Waals surface area contributed by atoms with Crippen LogP contribution in [-0.4, -0.2) is 40.7 Å². The highest BCUT2D eigenvalue weighted by atomic mass is 32.2. The molecule has 9 nitrogen and oxygen atoms in total. The van der Waals surface area contributed by atoms with Gasteiger partial charge in [0.2, 0.25) is 11.8 Å². The zero-order valence-electron chi connectivity index (χ0n) is 18.8. The maximum atomic E-state index is 12.9. The molecule has 0 bridgehead atoms. The minimum atomic E-state index is -0.797. The van der Waals surface area contributed by atoms with Crippen molar-refractivity contribution < 1.29 is 19.3 Å². The molecule has 0 fully saturated rings. The van der Waals surface area contributed by atoms with Crippen LogP contribution in [0, 0.1) is 10.1 Å². The number of hydrogen-bond acceptors (Lipinski definition) is 6. The SMILES string of the molecule is CCC(=O)Nc1ccc(C(C)NC(=O)C(CCSC)NC(=O)c2cccc([N+](=O)[O-])c2)cc1. The van der Waals surface area contributed by atoms with Crippen LogP contribution in [0.25, 0.3) is 0 Å². The van der Waals surface area contributed by atoms with Gasteiger partial charge < -0.3 is 16.0 Å². The lowest BCUT2D eigenvalue weighted by molar-refractivity contribution is -0.384. The fraction of sp³-hybridized carbons (Fsp3) is 0.348. The number of carbonyl (C=O) groups is 3. The van der Waals surface area contributed by atoms with Crippen LogP contribution >= 0.6 is 11.8 Å². The molecule has 0 aliphatic heterocycles. The molecule has 2 rings (SSSR count). The van der Waals surface area contributed by atoms with E-state index in [-0.39, 0.29) is 29.1 Å². The van der Waals surface area contributed by atoms with Crippen molar-refractivity contribution in [1.29, 1.82) is 0 Å². The van der Waals surface area contributed by atoms with Crippen molar-refractivity contribution in [1.82, 2.24) is 10.6 Å². The molecular formula is C23H28N4O5S. The minimum absolute atomic E-state index is 0.0831. The molecular weight excluding hydrogens is 444 g/mol. The summed E-state index contributed by atoms with van der Waals surface area (Å²) in [6.45, 7) is 3.60. The molecule has 0 saturated carbocycles. The zero-order valence-corrected chi connectivity index (χ0v) is 19.6. The van der Waals surface area contributed by atoms with Gasteiger partial charge in [0.25, 0.3) is 11.6 Å². The summed E-state index contributed by atoms with van der Waals surface area (Å²) in [5.41, 5.74) is 1.43. The fourth-order valence-electron chi connectivity index (χ4n) is 3.01. The molecule has 0 aliphatic carbocycles. The highest BCUT2D eigenvalue weighted by Gasteiger charge is 2.23. The number of nitro groups is 1. The number of hydrogen-bond donors (Lipinski definition) is 3. The van der Waals surface area contributed by atoms with Gasteiger partial charge in [0.1, 0.15) is 6.04 Å². The van der Waals surface area contributed by atoms with Gasteiger partial charge in [-0.3, -0.25) is 24.5 Å². The Balaban J connectivity index is 2.07. The van der Waals surface area contributed by atoms with Gasteiger partial charge >= 0.3 is 0 Å². The van der Waals surface area contributed by atoms with Crippen molar-refractivity contribution in [3.05, 3.63) is 69.8 Å². The van der Waals surface area contributed by atoms with Gasteiger partial charge in [-0.05, 0) is 49.1 Å². The van der Waals surface area contributed by atoms with Crippen molar-refractivity contribution in [2.24, 2.45) is 0 Å². The average Bonchev–Trinajstić information content (AvgIpc) is 2.81. The number of non-ortho nitro benzene ring substituents is 1. The number of thioether (sulfide) groups is 1. The van der Waals surface area contributed by atoms with Crippen LogP contribution in [0.2, 0.25) is 0 Å². The van der Waals surface area contributed by atoms with Gasteiger partial charge in [-0.25, -0.2) is 0 Å². The van der Waals surface area contributed by atoms with Crippen LogP contribution in [0.5, 0.6) is 0 Å². The summed E-state index contributed by atoms with van der Waals surface area (Å²) >= 11 is 1.54. The summed E-state index contributed by atoms with van der Waals surface area (Å²) in [5, 5.41) is 19.3. The lowest BCUT2D eigenvalue weighted by Gasteiger charge is -2.22. The molecule has 3 amide bonds. The monoisotopic (exact) mass is 472 g/mol. The Morgan fingerprint density at radius 3 is 2.39 bits per heavy atom. The van der Waals surface area contributed by atoms with E-state index < -0.39 is 16.9 Å². The summed E-state index contributed by atoms with van der Waals surface area (Å²) in [4.78, 5) is 47.5. The number of carbonyl (C=O) groups excluding carboxylic acids is 3. The van der Waals surface area contributed by atoms with Crippen molar-refractivity contribution >= 4 is 40.9 Å². The molecule has 2 aromatic carbocycles. The van der Waals surface area contributed by atoms with Crippen LogP contribution in [0.4, 0.5) is 11.4 Å². The van der Waals surface area contributed by atoms with Gasteiger partial charge in [0.15, 0.2) is 0 Å². The standard InChI is InChI=1S/C23H28N4O5S/c1-4-21(28)25-18-10-8-16(9-11-18)15(2)24-23(30)20(12-13-33-3)26-22(29)17-6-5-7-19(14-17)27(31)32/h5-11,14-15,20H,4,12-13H2,1-3H3,(H,24,30)(H,25,28)(H,26,29). The van der Waals surface area contributed by atoms with Gasteiger partial charge in [-0.15, -0.1) is 0 Å². The number of nitro benzene ring substituents is 1. The molecule has 10 heteroatoms. The maximum Gasteiger partial charge on any atom is 0.270 e. The summed E-state index contributed by atoms with van der Waals surface area (Å²) in [7, 11) is 0. The van der Waals surface area contributed by atoms with E-state index in [9.17, 15) is 24.5 Å². The second-order valence-corrected chi connectivity index (χ2v) is 8.35. The maximum absolute atomic E-state index is 12.9. The smallest absolute Gasteiger partial charge is 0.270 e. The van der Waals surface area contributed by atoms with Gasteiger partial charge in [-0.1, -0.05) is 25.1 Å². The summed E-state index contributed by atoms with van der Waals surface area (Å²) in [5.74, 6) is -0.337. The van der Waals surface area contributed by atoms with Crippen molar-refractivity contribution in [3.8, 4) is 0 Å². The first-order valence-electron chi connectivity index (χ1n) is 10.5. The first kappa shape index (κ1) is 25.9. The largest absolute Gasteiger partial charge is 0.348 e. The summed E-state index contributed by atoms with van der Waals surface area (Å²) in [6, 6.07) is 11.4. The lowest BCUT2D eigenvalue weighted by atomic mass is 10.1. The van der Waals surface area contributed by atoms with Gasteiger partial charge in [0.05, 0.1) is 11.0 Å². The van der Waals surface area contributed by atoms with E-state index >= 15 is 0 Å². The molecule has 2 unspecified atom stereocenters. The molecule has 2 atom stereocenters. The quantitative estimate of drug-likeness (QED) is 0.338. The van der Waals surface area contributed by atoms with Crippen molar-refractivity contribution in [2.75, 3.05) is 17.3 Å². The van der Waals surface area contributed by atoms with E-state index in [1.54, 1.807) is 30.8 Å². The predicted octanol–water partition coefficient (Wildman–Crippen LogP) is 3.67. The van der Waals surface area contributed by atoms with E-state index in [2.05, 4.69) is 16.0 Å². The topological polar surface area (TPSA) is 130 Å². The second kappa shape index (κ2) is 12.6. The molecule has 176 valence electrons. The van der Waals surface area contributed by atoms with Crippen LogP contribution in [-0.2, 0) is 9.59 Å². The molecule has 0 aromatic heterocycles. The third kappa shape index (κ3) is 7.90. The molecule has 0 heterocycles. The van der Waals surface area contributed by atoms with Crippen LogP contribution in [0.3, 0.4) is 0 Å². The number of amides is 3. The van der Waals surface area contributed by atoms with Crippen LogP contribution in [0.1, 0.15) is 48.7 Å². The van der Waals surface area contributed by atoms with Gasteiger partial charge in [0, 0.05) is 29.8 Å². The van der Waals surface area contributed by atoms with Crippen molar-refractivity contribution in [3.63, 3.8) is 0 Å². The zero-order chi connectivity index (χ0) is 24.4. The first-order chi connectivity index (χ1) is 15.7. The average molecular weight is 473 g/mol. The molecule has 0 spiro atoms. The highest BCUT2D eigenvalue weighted by Crippen LogP contribution is 2.17. The summed E-state index contributed by atoms with van der Waals surface area (Å²) in [6.07, 6.45) is 2.69. The number of nitrogens with one attached hydrogen (secondary N) is 3. The number of rotatable bonds is 11. The van der Waals surface area contributed by atoms with Gasteiger partial charge in [-0.2, -0.15) is 11.8 Å². The number of nitrogens with zero attached hydrogens (tertiary/aromatic N) is 1. The van der Waals surface area contributed by atoms with E-state index in [0.717, 1.165) is 5.56 Å². The fourth-order valence-corrected chi connectivity index (χ4v) is 3.48. The molecule has 0 radical (unpaired) electrons. The first-order valence-corrected chi connectivity index (χ1v) is 11.9. The van der Waals surface area contributed by atoms with E-state index in [0.29, 0.717) is 24.3 Å². The Kier molecular flexibility index (Phi) is 9.86. The number of anilines is 1. The second-order valence-electron chi connectivity index (χ2n) is 7.37. The highest BCUT2D eigenvalue weighted by molar-refractivity contribution is 7.98. The number of benzene rings is 2. The molecule has 0 aliphatic rings. The van der Waals surface area contributed by atoms with E-state index in [1.165, 1.54) is 24.3 Å². The Morgan fingerprint density at radius 2 is 1.79 bits per heavy atom. The Bertz CT molecular complexity index is 997. The van der Waals surface area contributed by atoms with Crippen molar-refractivity contribution in [2.45, 2.75) is 38.8 Å². The minimum Gasteiger partial charge on any atom is -0.348 e. The van der Waals surface area contributed by atoms with Crippen LogP contribution in [0.15, 0.2) is 48.5 Å². The third-order valence-electron chi connectivity index (χ3n) is 4.93. The molecule has 3 N–H and O–H groups in total. The summed E-state index contributed by atoms with van der Waals surface area (Å²) < 4.78 is 0. The molecule has 33 heavy (non-hydrogen) atoms. The third-order valence-corrected chi connectivity index (χ3v) is 5.57. The lowest BCUT2D eigenvalue weighted by Crippen LogP contribution is -2.47. The predicted molar refractivity (Wildman–Crippen MR) is 129 cm³/mol. The van der Waals surface area contributed by atoms with E-state index in [1.807, 2.05) is 25.3 Å². The Hall–Kier alpha value is -3.40. The Labute approximate surface area is 196 Å². The molecule has 2 aromatic rings.